The van der Waals surface area contributed by atoms with Gasteiger partial charge in [0, 0.05) is 11.6 Å². The summed E-state index contributed by atoms with van der Waals surface area (Å²) in [6.45, 7) is 4.47. The zero-order chi connectivity index (χ0) is 12.8. The van der Waals surface area contributed by atoms with Crippen LogP contribution >= 0.6 is 11.6 Å². The summed E-state index contributed by atoms with van der Waals surface area (Å²) < 4.78 is 0. The average molecular weight is 267 g/mol. The smallest absolute Gasteiger partial charge is 0.0406 e. The molecule has 1 heterocycles. The molecule has 18 heavy (non-hydrogen) atoms. The van der Waals surface area contributed by atoms with Crippen molar-refractivity contribution in [2.75, 3.05) is 26.2 Å². The summed E-state index contributed by atoms with van der Waals surface area (Å²) in [7, 11) is 0. The molecule has 1 aromatic carbocycles. The van der Waals surface area contributed by atoms with E-state index in [1.54, 1.807) is 0 Å². The Balaban J connectivity index is 1.70. The normalized spacial score (nSPS) is 21.1. The third-order valence-electron chi connectivity index (χ3n) is 3.79. The fourth-order valence-electron chi connectivity index (χ4n) is 2.70. The fraction of sp³-hybridized carbons (Fsp3) is 0.600. The molecule has 2 N–H and O–H groups in total. The van der Waals surface area contributed by atoms with E-state index < -0.39 is 0 Å². The van der Waals surface area contributed by atoms with Gasteiger partial charge in [-0.3, -0.25) is 0 Å². The van der Waals surface area contributed by atoms with Gasteiger partial charge in [0.2, 0.25) is 0 Å². The van der Waals surface area contributed by atoms with Crippen LogP contribution in [0, 0.1) is 5.92 Å². The number of nitrogens with two attached hydrogens (primary N) is 1. The number of halogens is 1. The summed E-state index contributed by atoms with van der Waals surface area (Å²) in [4.78, 5) is 2.57. The number of rotatable bonds is 5. The summed E-state index contributed by atoms with van der Waals surface area (Å²) in [6, 6.07) is 8.20. The van der Waals surface area contributed by atoms with E-state index in [0.717, 1.165) is 18.0 Å². The van der Waals surface area contributed by atoms with Gasteiger partial charge in [-0.1, -0.05) is 23.7 Å². The van der Waals surface area contributed by atoms with E-state index in [0.29, 0.717) is 5.92 Å². The van der Waals surface area contributed by atoms with Crippen LogP contribution in [0.1, 0.15) is 24.8 Å². The van der Waals surface area contributed by atoms with E-state index >= 15 is 0 Å². The van der Waals surface area contributed by atoms with Gasteiger partial charge in [-0.15, -0.1) is 0 Å². The highest BCUT2D eigenvalue weighted by Gasteiger charge is 2.17. The van der Waals surface area contributed by atoms with Crippen LogP contribution < -0.4 is 5.73 Å². The maximum atomic E-state index is 5.88. The van der Waals surface area contributed by atoms with Gasteiger partial charge in [-0.25, -0.2) is 0 Å². The predicted octanol–water partition coefficient (Wildman–Crippen LogP) is 2.94. The third-order valence-corrected chi connectivity index (χ3v) is 4.04. The molecular weight excluding hydrogens is 244 g/mol. The molecule has 0 bridgehead atoms. The topological polar surface area (TPSA) is 29.3 Å². The molecule has 0 aliphatic carbocycles. The molecule has 1 aliphatic rings. The van der Waals surface area contributed by atoms with Crippen molar-refractivity contribution in [1.29, 1.82) is 0 Å². The first kappa shape index (κ1) is 13.9. The summed E-state index contributed by atoms with van der Waals surface area (Å²) in [5.74, 6) is 0.717. The van der Waals surface area contributed by atoms with E-state index in [4.69, 9.17) is 17.3 Å². The van der Waals surface area contributed by atoms with E-state index in [-0.39, 0.29) is 0 Å². The molecule has 1 aliphatic heterocycles. The minimum Gasteiger partial charge on any atom is -0.330 e. The molecule has 0 saturated carbocycles. The summed E-state index contributed by atoms with van der Waals surface area (Å²) in [6.07, 6.45) is 4.98. The number of aryl methyl sites for hydroxylation is 1. The number of hydrogen-bond donors (Lipinski definition) is 1. The van der Waals surface area contributed by atoms with Crippen molar-refractivity contribution < 1.29 is 0 Å². The summed E-state index contributed by atoms with van der Waals surface area (Å²) in [5.41, 5.74) is 7.14. The predicted molar refractivity (Wildman–Crippen MR) is 78.0 cm³/mol. The van der Waals surface area contributed by atoms with Crippen molar-refractivity contribution in [1.82, 2.24) is 4.90 Å². The maximum absolute atomic E-state index is 5.88. The number of likely N-dealkylation sites (tertiary alicyclic amines) is 1. The lowest BCUT2D eigenvalue weighted by Crippen LogP contribution is -2.38. The lowest BCUT2D eigenvalue weighted by molar-refractivity contribution is 0.176. The first-order valence-corrected chi connectivity index (χ1v) is 7.32. The van der Waals surface area contributed by atoms with Gasteiger partial charge in [-0.05, 0) is 68.9 Å². The molecule has 2 rings (SSSR count). The van der Waals surface area contributed by atoms with Crippen LogP contribution in [0.2, 0.25) is 5.02 Å². The van der Waals surface area contributed by atoms with Crippen molar-refractivity contribution in [3.05, 3.63) is 34.9 Å². The van der Waals surface area contributed by atoms with Crippen molar-refractivity contribution >= 4 is 11.6 Å². The second-order valence-corrected chi connectivity index (χ2v) is 5.71. The first-order valence-electron chi connectivity index (χ1n) is 6.95. The second-order valence-electron chi connectivity index (χ2n) is 5.27. The fourth-order valence-corrected chi connectivity index (χ4v) is 2.83. The van der Waals surface area contributed by atoms with Crippen LogP contribution in [0.3, 0.4) is 0 Å². The van der Waals surface area contributed by atoms with Gasteiger partial charge in [-0.2, -0.15) is 0 Å². The van der Waals surface area contributed by atoms with Gasteiger partial charge in [0.05, 0.1) is 0 Å². The van der Waals surface area contributed by atoms with Crippen molar-refractivity contribution in [2.24, 2.45) is 11.7 Å². The monoisotopic (exact) mass is 266 g/mol. The molecule has 0 aromatic heterocycles. The zero-order valence-corrected chi connectivity index (χ0v) is 11.7. The molecule has 3 heteroatoms. The highest BCUT2D eigenvalue weighted by molar-refractivity contribution is 6.30. The van der Waals surface area contributed by atoms with Crippen molar-refractivity contribution in [2.45, 2.75) is 25.7 Å². The Hall–Kier alpha value is -0.570. The van der Waals surface area contributed by atoms with E-state index in [1.807, 2.05) is 12.1 Å². The second kappa shape index (κ2) is 7.13. The van der Waals surface area contributed by atoms with Gasteiger partial charge < -0.3 is 10.6 Å². The zero-order valence-electron chi connectivity index (χ0n) is 10.9. The summed E-state index contributed by atoms with van der Waals surface area (Å²) in [5, 5.41) is 0.820. The van der Waals surface area contributed by atoms with E-state index in [2.05, 4.69) is 17.0 Å². The SMILES string of the molecule is NCC1CCCN(CCCc2ccc(Cl)cc2)C1. The van der Waals surface area contributed by atoms with Gasteiger partial charge in [0.1, 0.15) is 0 Å². The molecule has 0 spiro atoms. The number of piperidine rings is 1. The van der Waals surface area contributed by atoms with Gasteiger partial charge >= 0.3 is 0 Å². The van der Waals surface area contributed by atoms with Crippen LogP contribution in [0.4, 0.5) is 0 Å². The molecule has 1 aromatic rings. The molecule has 0 radical (unpaired) electrons. The van der Waals surface area contributed by atoms with Crippen LogP contribution in [0.25, 0.3) is 0 Å². The van der Waals surface area contributed by atoms with E-state index in [9.17, 15) is 0 Å². The Morgan fingerprint density at radius 2 is 2.06 bits per heavy atom. The molecule has 1 atom stereocenters. The van der Waals surface area contributed by atoms with Crippen LogP contribution in [0.5, 0.6) is 0 Å². The van der Waals surface area contributed by atoms with Gasteiger partial charge in [0.25, 0.3) is 0 Å². The molecule has 1 fully saturated rings. The van der Waals surface area contributed by atoms with Crippen molar-refractivity contribution in [3.8, 4) is 0 Å². The minimum absolute atomic E-state index is 0.717. The molecule has 1 saturated heterocycles. The Labute approximate surface area is 115 Å². The largest absolute Gasteiger partial charge is 0.330 e. The molecular formula is C15H23ClN2. The Bertz CT molecular complexity index is 350. The molecule has 0 amide bonds. The number of hydrogen-bond acceptors (Lipinski definition) is 2. The lowest BCUT2D eigenvalue weighted by Gasteiger charge is -2.32. The summed E-state index contributed by atoms with van der Waals surface area (Å²) >= 11 is 5.88. The Kier molecular flexibility index (Phi) is 5.48. The Morgan fingerprint density at radius 3 is 2.78 bits per heavy atom. The minimum atomic E-state index is 0.717. The first-order chi connectivity index (χ1) is 8.78. The van der Waals surface area contributed by atoms with Gasteiger partial charge in [0.15, 0.2) is 0 Å². The number of benzene rings is 1. The third kappa shape index (κ3) is 4.27. The van der Waals surface area contributed by atoms with Crippen molar-refractivity contribution in [3.63, 3.8) is 0 Å². The highest BCUT2D eigenvalue weighted by atomic mass is 35.5. The molecule has 2 nitrogen and oxygen atoms in total. The Morgan fingerprint density at radius 1 is 1.28 bits per heavy atom. The standard InChI is InChI=1S/C15H23ClN2/c16-15-7-5-13(6-8-15)3-1-9-18-10-2-4-14(11-17)12-18/h5-8,14H,1-4,9-12,17H2. The van der Waals surface area contributed by atoms with E-state index in [1.165, 1.54) is 44.5 Å². The lowest BCUT2D eigenvalue weighted by atomic mass is 9.98. The van der Waals surface area contributed by atoms with Crippen LogP contribution in [-0.4, -0.2) is 31.1 Å². The average Bonchev–Trinajstić information content (AvgIpc) is 2.41. The molecule has 1 unspecified atom stereocenters. The highest BCUT2D eigenvalue weighted by Crippen LogP contribution is 2.16. The quantitative estimate of drug-likeness (QED) is 0.888. The van der Waals surface area contributed by atoms with Crippen LogP contribution in [0.15, 0.2) is 24.3 Å². The number of nitrogens with zero attached hydrogens (tertiary/aromatic N) is 1. The maximum Gasteiger partial charge on any atom is 0.0406 e. The molecule has 100 valence electrons. The van der Waals surface area contributed by atoms with Crippen LogP contribution in [-0.2, 0) is 6.42 Å².